The number of aliphatic hydroxyl groups is 1. The molecule has 0 aliphatic rings. The van der Waals surface area contributed by atoms with E-state index < -0.39 is 6.04 Å². The Morgan fingerprint density at radius 2 is 2.36 bits per heavy atom. The van der Waals surface area contributed by atoms with Crippen LogP contribution in [0.2, 0.25) is 0 Å². The molecule has 0 unspecified atom stereocenters. The number of hydrogen-bond donors (Lipinski definition) is 2. The molecule has 3 N–H and O–H groups in total. The molecular weight excluding hydrogens is 182 g/mol. The Morgan fingerprint density at radius 1 is 1.64 bits per heavy atom. The summed E-state index contributed by atoms with van der Waals surface area (Å²) in [4.78, 5) is 10.7. The van der Waals surface area contributed by atoms with Crippen LogP contribution in [0.25, 0.3) is 0 Å². The number of carbonyl (C=O) groups excluding carboxylic acids is 1. The van der Waals surface area contributed by atoms with Crippen molar-refractivity contribution >= 4 is 5.97 Å². The van der Waals surface area contributed by atoms with E-state index in [1.54, 1.807) is 24.3 Å². The van der Waals surface area contributed by atoms with Crippen molar-refractivity contribution in [3.8, 4) is 5.75 Å². The number of carbonyl (C=O) groups is 1. The largest absolute Gasteiger partial charge is 0.427 e. The first-order chi connectivity index (χ1) is 6.63. The number of aliphatic hydroxyl groups excluding tert-OH is 1. The van der Waals surface area contributed by atoms with Crippen molar-refractivity contribution in [2.24, 2.45) is 5.73 Å². The average molecular weight is 195 g/mol. The van der Waals surface area contributed by atoms with Crippen LogP contribution in [0.15, 0.2) is 24.3 Å². The third-order valence-electron chi connectivity index (χ3n) is 1.74. The van der Waals surface area contributed by atoms with Crippen LogP contribution in [-0.2, 0) is 4.79 Å². The van der Waals surface area contributed by atoms with Gasteiger partial charge in [-0.15, -0.1) is 0 Å². The van der Waals surface area contributed by atoms with Gasteiger partial charge >= 0.3 is 5.97 Å². The molecule has 4 heteroatoms. The highest BCUT2D eigenvalue weighted by atomic mass is 16.5. The predicted molar refractivity (Wildman–Crippen MR) is 51.8 cm³/mol. The highest BCUT2D eigenvalue weighted by Gasteiger charge is 2.05. The lowest BCUT2D eigenvalue weighted by Crippen LogP contribution is -2.14. The molecule has 0 spiro atoms. The van der Waals surface area contributed by atoms with Crippen LogP contribution >= 0.6 is 0 Å². The molecule has 0 aliphatic heterocycles. The molecule has 76 valence electrons. The van der Waals surface area contributed by atoms with Gasteiger partial charge in [-0.1, -0.05) is 12.1 Å². The van der Waals surface area contributed by atoms with Gasteiger partial charge in [0.15, 0.2) is 0 Å². The maximum Gasteiger partial charge on any atom is 0.308 e. The number of esters is 1. The van der Waals surface area contributed by atoms with Gasteiger partial charge in [-0.3, -0.25) is 4.79 Å². The lowest BCUT2D eigenvalue weighted by atomic mass is 10.1. The zero-order valence-electron chi connectivity index (χ0n) is 7.93. The van der Waals surface area contributed by atoms with Gasteiger partial charge in [0.05, 0.1) is 12.6 Å². The molecule has 0 fully saturated rings. The Balaban J connectivity index is 2.83. The molecule has 0 amide bonds. The first kappa shape index (κ1) is 10.7. The SMILES string of the molecule is CC(=O)Oc1cccc([C@@H](N)CO)c1. The summed E-state index contributed by atoms with van der Waals surface area (Å²) in [5.74, 6) is 0.0682. The second-order valence-electron chi connectivity index (χ2n) is 2.96. The Labute approximate surface area is 82.3 Å². The van der Waals surface area contributed by atoms with Crippen molar-refractivity contribution < 1.29 is 14.6 Å². The van der Waals surface area contributed by atoms with E-state index in [2.05, 4.69) is 0 Å². The fraction of sp³-hybridized carbons (Fsp3) is 0.300. The molecule has 4 nitrogen and oxygen atoms in total. The van der Waals surface area contributed by atoms with Crippen molar-refractivity contribution in [3.63, 3.8) is 0 Å². The van der Waals surface area contributed by atoms with E-state index in [9.17, 15) is 4.79 Å². The smallest absolute Gasteiger partial charge is 0.308 e. The summed E-state index contributed by atoms with van der Waals surface area (Å²) in [6, 6.07) is 6.36. The van der Waals surface area contributed by atoms with Gasteiger partial charge in [-0.25, -0.2) is 0 Å². The van der Waals surface area contributed by atoms with Crippen molar-refractivity contribution in [2.75, 3.05) is 6.61 Å². The van der Waals surface area contributed by atoms with Gasteiger partial charge in [0, 0.05) is 6.92 Å². The number of hydrogen-bond acceptors (Lipinski definition) is 4. The van der Waals surface area contributed by atoms with E-state index >= 15 is 0 Å². The quantitative estimate of drug-likeness (QED) is 0.547. The van der Waals surface area contributed by atoms with Crippen LogP contribution in [0.1, 0.15) is 18.5 Å². The van der Waals surface area contributed by atoms with E-state index in [4.69, 9.17) is 15.6 Å². The first-order valence-corrected chi connectivity index (χ1v) is 4.28. The molecule has 14 heavy (non-hydrogen) atoms. The van der Waals surface area contributed by atoms with Crippen molar-refractivity contribution in [2.45, 2.75) is 13.0 Å². The number of rotatable bonds is 3. The zero-order chi connectivity index (χ0) is 10.6. The van der Waals surface area contributed by atoms with Crippen LogP contribution in [0, 0.1) is 0 Å². The number of nitrogens with two attached hydrogens (primary N) is 1. The highest BCUT2D eigenvalue weighted by Crippen LogP contribution is 2.17. The van der Waals surface area contributed by atoms with E-state index in [1.165, 1.54) is 6.92 Å². The second-order valence-corrected chi connectivity index (χ2v) is 2.96. The summed E-state index contributed by atoms with van der Waals surface area (Å²) in [6.07, 6.45) is 0. The molecule has 0 bridgehead atoms. The van der Waals surface area contributed by atoms with E-state index in [0.717, 1.165) is 5.56 Å². The molecule has 0 saturated carbocycles. The molecule has 0 heterocycles. The summed E-state index contributed by atoms with van der Waals surface area (Å²) in [5.41, 5.74) is 6.35. The molecular formula is C10H13NO3. The minimum Gasteiger partial charge on any atom is -0.427 e. The van der Waals surface area contributed by atoms with Crippen molar-refractivity contribution in [1.29, 1.82) is 0 Å². The fourth-order valence-corrected chi connectivity index (χ4v) is 1.08. The van der Waals surface area contributed by atoms with E-state index in [-0.39, 0.29) is 12.6 Å². The normalized spacial score (nSPS) is 12.2. The Bertz CT molecular complexity index is 325. The molecule has 1 atom stereocenters. The molecule has 1 rings (SSSR count). The third-order valence-corrected chi connectivity index (χ3v) is 1.74. The van der Waals surface area contributed by atoms with E-state index in [1.807, 2.05) is 0 Å². The van der Waals surface area contributed by atoms with Gasteiger partial charge in [-0.05, 0) is 17.7 Å². The van der Waals surface area contributed by atoms with Gasteiger partial charge < -0.3 is 15.6 Å². The van der Waals surface area contributed by atoms with Crippen molar-refractivity contribution in [1.82, 2.24) is 0 Å². The topological polar surface area (TPSA) is 72.5 Å². The minimum absolute atomic E-state index is 0.135. The molecule has 0 aliphatic carbocycles. The Hall–Kier alpha value is -1.39. The minimum atomic E-state index is -0.439. The fourth-order valence-electron chi connectivity index (χ4n) is 1.08. The molecule has 0 saturated heterocycles. The van der Waals surface area contributed by atoms with Crippen LogP contribution in [0.3, 0.4) is 0 Å². The lowest BCUT2D eigenvalue weighted by molar-refractivity contribution is -0.131. The summed E-state index contributed by atoms with van der Waals surface area (Å²) >= 11 is 0. The van der Waals surface area contributed by atoms with Gasteiger partial charge in [-0.2, -0.15) is 0 Å². The van der Waals surface area contributed by atoms with Crippen LogP contribution in [-0.4, -0.2) is 17.7 Å². The number of ether oxygens (including phenoxy) is 1. The summed E-state index contributed by atoms with van der Waals surface area (Å²) in [7, 11) is 0. The maximum atomic E-state index is 10.7. The van der Waals surface area contributed by atoms with Gasteiger partial charge in [0.25, 0.3) is 0 Å². The van der Waals surface area contributed by atoms with Gasteiger partial charge in [0.2, 0.25) is 0 Å². The van der Waals surface area contributed by atoms with Crippen molar-refractivity contribution in [3.05, 3.63) is 29.8 Å². The Kier molecular flexibility index (Phi) is 3.62. The maximum absolute atomic E-state index is 10.7. The molecule has 0 aromatic heterocycles. The highest BCUT2D eigenvalue weighted by molar-refractivity contribution is 5.69. The van der Waals surface area contributed by atoms with Crippen LogP contribution < -0.4 is 10.5 Å². The first-order valence-electron chi connectivity index (χ1n) is 4.28. The van der Waals surface area contributed by atoms with Gasteiger partial charge in [0.1, 0.15) is 5.75 Å². The third kappa shape index (κ3) is 2.83. The summed E-state index contributed by atoms with van der Waals surface area (Å²) in [6.45, 7) is 1.20. The summed E-state index contributed by atoms with van der Waals surface area (Å²) < 4.78 is 4.87. The average Bonchev–Trinajstić information content (AvgIpc) is 2.16. The summed E-state index contributed by atoms with van der Waals surface area (Å²) in [5, 5.41) is 8.83. The Morgan fingerprint density at radius 3 is 2.93 bits per heavy atom. The zero-order valence-corrected chi connectivity index (χ0v) is 7.93. The lowest BCUT2D eigenvalue weighted by Gasteiger charge is -2.09. The van der Waals surface area contributed by atoms with Crippen LogP contribution in [0.4, 0.5) is 0 Å². The molecule has 0 radical (unpaired) electrons. The molecule has 1 aromatic rings. The van der Waals surface area contributed by atoms with E-state index in [0.29, 0.717) is 5.75 Å². The second kappa shape index (κ2) is 4.74. The molecule has 1 aromatic carbocycles. The standard InChI is InChI=1S/C10H13NO3/c1-7(13)14-9-4-2-3-8(5-9)10(11)6-12/h2-5,10,12H,6,11H2,1H3/t10-/m0/s1. The van der Waals surface area contributed by atoms with Crippen LogP contribution in [0.5, 0.6) is 5.75 Å². The monoisotopic (exact) mass is 195 g/mol. The number of benzene rings is 1. The predicted octanol–water partition coefficient (Wildman–Crippen LogP) is 0.604.